The Morgan fingerprint density at radius 2 is 2.22 bits per heavy atom. The van der Waals surface area contributed by atoms with Crippen LogP contribution >= 0.6 is 0 Å². The maximum atomic E-state index is 12.9. The molecule has 0 saturated carbocycles. The molecule has 0 aliphatic heterocycles. The third kappa shape index (κ3) is 4.45. The lowest BCUT2D eigenvalue weighted by Crippen LogP contribution is -2.37. The zero-order chi connectivity index (χ0) is 13.5. The van der Waals surface area contributed by atoms with E-state index in [1.54, 1.807) is 6.07 Å². The summed E-state index contributed by atoms with van der Waals surface area (Å²) in [6.07, 6.45) is 2.16. The topological polar surface area (TPSA) is 49.3 Å². The minimum Gasteiger partial charge on any atom is -0.480 e. The molecule has 1 rings (SSSR count). The Balaban J connectivity index is 2.47. The molecule has 1 aromatic rings. The fourth-order valence-corrected chi connectivity index (χ4v) is 1.92. The van der Waals surface area contributed by atoms with Crippen molar-refractivity contribution in [3.05, 3.63) is 35.1 Å². The summed E-state index contributed by atoms with van der Waals surface area (Å²) in [7, 11) is 0. The van der Waals surface area contributed by atoms with Crippen molar-refractivity contribution in [2.75, 3.05) is 6.54 Å². The monoisotopic (exact) mass is 253 g/mol. The smallest absolute Gasteiger partial charge is 0.320 e. The van der Waals surface area contributed by atoms with Gasteiger partial charge in [-0.2, -0.15) is 0 Å². The molecule has 2 N–H and O–H groups in total. The van der Waals surface area contributed by atoms with Crippen LogP contribution in [0.2, 0.25) is 0 Å². The Hall–Kier alpha value is -1.42. The molecule has 0 fully saturated rings. The lowest BCUT2D eigenvalue weighted by Gasteiger charge is -2.14. The summed E-state index contributed by atoms with van der Waals surface area (Å²) in [5, 5.41) is 12.0. The number of aliphatic carboxylic acids is 1. The summed E-state index contributed by atoms with van der Waals surface area (Å²) < 4.78 is 12.9. The lowest BCUT2D eigenvalue weighted by molar-refractivity contribution is -0.139. The van der Waals surface area contributed by atoms with Gasteiger partial charge in [-0.05, 0) is 49.6 Å². The van der Waals surface area contributed by atoms with Gasteiger partial charge in [0.05, 0.1) is 0 Å². The molecule has 1 atom stereocenters. The maximum Gasteiger partial charge on any atom is 0.320 e. The fraction of sp³-hybridized carbons (Fsp3) is 0.500. The number of hydrogen-bond acceptors (Lipinski definition) is 2. The molecule has 0 aromatic heterocycles. The van der Waals surface area contributed by atoms with Crippen LogP contribution in [0.1, 0.15) is 30.9 Å². The second kappa shape index (κ2) is 7.11. The van der Waals surface area contributed by atoms with E-state index in [0.717, 1.165) is 17.5 Å². The first-order valence-electron chi connectivity index (χ1n) is 6.25. The van der Waals surface area contributed by atoms with Gasteiger partial charge in [0.2, 0.25) is 0 Å². The molecule has 4 heteroatoms. The van der Waals surface area contributed by atoms with Gasteiger partial charge in [0.1, 0.15) is 11.9 Å². The van der Waals surface area contributed by atoms with Crippen LogP contribution in [0.4, 0.5) is 4.39 Å². The van der Waals surface area contributed by atoms with Crippen LogP contribution in [0.5, 0.6) is 0 Å². The normalized spacial score (nSPS) is 12.4. The van der Waals surface area contributed by atoms with Gasteiger partial charge in [0.25, 0.3) is 0 Å². The largest absolute Gasteiger partial charge is 0.480 e. The molecule has 0 spiro atoms. The summed E-state index contributed by atoms with van der Waals surface area (Å²) >= 11 is 0. The molecule has 0 bridgehead atoms. The van der Waals surface area contributed by atoms with Crippen LogP contribution in [0.3, 0.4) is 0 Å². The number of carboxylic acid groups (broad SMARTS) is 1. The van der Waals surface area contributed by atoms with Crippen LogP contribution in [-0.4, -0.2) is 23.7 Å². The number of hydrogen-bond donors (Lipinski definition) is 2. The predicted octanol–water partition coefficient (Wildman–Crippen LogP) is 2.52. The van der Waals surface area contributed by atoms with Gasteiger partial charge in [-0.1, -0.05) is 19.4 Å². The average Bonchev–Trinajstić information content (AvgIpc) is 2.30. The summed E-state index contributed by atoms with van der Waals surface area (Å²) in [5.74, 6) is -1.05. The zero-order valence-corrected chi connectivity index (χ0v) is 10.9. The van der Waals surface area contributed by atoms with Crippen molar-refractivity contribution in [1.82, 2.24) is 5.32 Å². The molecular formula is C14H20FNO2. The van der Waals surface area contributed by atoms with Crippen LogP contribution in [0.15, 0.2) is 18.2 Å². The van der Waals surface area contributed by atoms with Gasteiger partial charge in [0.15, 0.2) is 0 Å². The molecule has 100 valence electrons. The Morgan fingerprint density at radius 3 is 2.78 bits per heavy atom. The van der Waals surface area contributed by atoms with Gasteiger partial charge >= 0.3 is 5.97 Å². The Labute approximate surface area is 107 Å². The van der Waals surface area contributed by atoms with Crippen molar-refractivity contribution < 1.29 is 14.3 Å². The summed E-state index contributed by atoms with van der Waals surface area (Å²) in [4.78, 5) is 10.9. The first-order valence-corrected chi connectivity index (χ1v) is 6.25. The highest BCUT2D eigenvalue weighted by Gasteiger charge is 2.14. The van der Waals surface area contributed by atoms with Crippen molar-refractivity contribution in [3.8, 4) is 0 Å². The van der Waals surface area contributed by atoms with Crippen molar-refractivity contribution in [2.24, 2.45) is 0 Å². The third-order valence-corrected chi connectivity index (χ3v) is 2.97. The van der Waals surface area contributed by atoms with E-state index in [1.807, 2.05) is 13.8 Å². The number of carboxylic acids is 1. The molecule has 18 heavy (non-hydrogen) atoms. The van der Waals surface area contributed by atoms with E-state index in [4.69, 9.17) is 5.11 Å². The van der Waals surface area contributed by atoms with Gasteiger partial charge in [-0.3, -0.25) is 4.79 Å². The van der Waals surface area contributed by atoms with Gasteiger partial charge in [-0.15, -0.1) is 0 Å². The second-order valence-corrected chi connectivity index (χ2v) is 4.45. The fourth-order valence-electron chi connectivity index (χ4n) is 1.92. The first kappa shape index (κ1) is 14.6. The Morgan fingerprint density at radius 1 is 1.50 bits per heavy atom. The highest BCUT2D eigenvalue weighted by Crippen LogP contribution is 2.10. The molecule has 1 aromatic carbocycles. The third-order valence-electron chi connectivity index (χ3n) is 2.97. The van der Waals surface area contributed by atoms with Crippen LogP contribution in [-0.2, 0) is 11.2 Å². The highest BCUT2D eigenvalue weighted by molar-refractivity contribution is 5.73. The number of carbonyl (C=O) groups is 1. The minimum absolute atomic E-state index is 0.237. The van der Waals surface area contributed by atoms with Crippen LogP contribution < -0.4 is 5.32 Å². The van der Waals surface area contributed by atoms with E-state index >= 15 is 0 Å². The second-order valence-electron chi connectivity index (χ2n) is 4.45. The first-order chi connectivity index (χ1) is 8.54. The number of aryl methyl sites for hydroxylation is 1. The SMILES string of the molecule is CCCC(NCCc1ccc(F)cc1C)C(=O)O. The van der Waals surface area contributed by atoms with Gasteiger partial charge < -0.3 is 10.4 Å². The van der Waals surface area contributed by atoms with E-state index in [-0.39, 0.29) is 5.82 Å². The highest BCUT2D eigenvalue weighted by atomic mass is 19.1. The zero-order valence-electron chi connectivity index (χ0n) is 10.9. The summed E-state index contributed by atoms with van der Waals surface area (Å²) in [6.45, 7) is 4.41. The molecule has 0 aliphatic rings. The standard InChI is InChI=1S/C14H20FNO2/c1-3-4-13(14(17)18)16-8-7-11-5-6-12(15)9-10(11)2/h5-6,9,13,16H,3-4,7-8H2,1-2H3,(H,17,18). The molecule has 0 amide bonds. The molecule has 0 saturated heterocycles. The lowest BCUT2D eigenvalue weighted by atomic mass is 10.1. The van der Waals surface area contributed by atoms with Crippen molar-refractivity contribution in [3.63, 3.8) is 0 Å². The maximum absolute atomic E-state index is 12.9. The van der Waals surface area contributed by atoms with Gasteiger partial charge in [0, 0.05) is 0 Å². The minimum atomic E-state index is -0.812. The summed E-state index contributed by atoms with van der Waals surface area (Å²) in [5.41, 5.74) is 1.95. The molecular weight excluding hydrogens is 233 g/mol. The predicted molar refractivity (Wildman–Crippen MR) is 69.2 cm³/mol. The van der Waals surface area contributed by atoms with Crippen LogP contribution in [0, 0.1) is 12.7 Å². The average molecular weight is 253 g/mol. The Bertz CT molecular complexity index is 407. The van der Waals surface area contributed by atoms with E-state index < -0.39 is 12.0 Å². The van der Waals surface area contributed by atoms with Crippen molar-refractivity contribution >= 4 is 5.97 Å². The number of nitrogens with one attached hydrogen (secondary N) is 1. The van der Waals surface area contributed by atoms with Crippen molar-refractivity contribution in [2.45, 2.75) is 39.2 Å². The van der Waals surface area contributed by atoms with Crippen molar-refractivity contribution in [1.29, 1.82) is 0 Å². The van der Waals surface area contributed by atoms with Crippen LogP contribution in [0.25, 0.3) is 0 Å². The molecule has 3 nitrogen and oxygen atoms in total. The number of halogens is 1. The molecule has 1 unspecified atom stereocenters. The van der Waals surface area contributed by atoms with E-state index in [1.165, 1.54) is 12.1 Å². The molecule has 0 aliphatic carbocycles. The molecule has 0 radical (unpaired) electrons. The Kier molecular flexibility index (Phi) is 5.78. The van der Waals surface area contributed by atoms with E-state index in [9.17, 15) is 9.18 Å². The van der Waals surface area contributed by atoms with E-state index in [0.29, 0.717) is 19.4 Å². The number of rotatable bonds is 7. The summed E-state index contributed by atoms with van der Waals surface area (Å²) in [6, 6.07) is 4.19. The van der Waals surface area contributed by atoms with Gasteiger partial charge in [-0.25, -0.2) is 4.39 Å². The quantitative estimate of drug-likeness (QED) is 0.785. The number of benzene rings is 1. The molecule has 0 heterocycles. The van der Waals surface area contributed by atoms with E-state index in [2.05, 4.69) is 5.32 Å².